The van der Waals surface area contributed by atoms with Gasteiger partial charge >= 0.3 is 29.8 Å². The molecule has 0 aromatic rings. The van der Waals surface area contributed by atoms with Gasteiger partial charge in [0.25, 0.3) is 0 Å². The lowest BCUT2D eigenvalue weighted by Crippen LogP contribution is -2.54. The number of ketones is 1. The molecule has 4 rings (SSSR count). The molecule has 2 unspecified atom stereocenters. The third-order valence-corrected chi connectivity index (χ3v) is 21.9. The monoisotopic (exact) mass is 1210 g/mol. The molecule has 0 aromatic heterocycles. The lowest BCUT2D eigenvalue weighted by molar-refractivity contribution is -0.169. The summed E-state index contributed by atoms with van der Waals surface area (Å²) in [6.07, 6.45) is 51.2. The first-order valence-corrected chi connectivity index (χ1v) is 37.0. The van der Waals surface area contributed by atoms with Gasteiger partial charge in [0.2, 0.25) is 0 Å². The van der Waals surface area contributed by atoms with E-state index < -0.39 is 6.10 Å². The van der Waals surface area contributed by atoms with E-state index in [0.29, 0.717) is 68.2 Å². The number of Topliss-reactive ketones (excluding diaryl/α,β-unsaturated/α-hetero) is 1. The molecule has 11 heteroatoms. The summed E-state index contributed by atoms with van der Waals surface area (Å²) >= 11 is 0. The smallest absolute Gasteiger partial charge is 0.309 e. The Kier molecular flexibility index (Phi) is 39.0. The van der Waals surface area contributed by atoms with Crippen LogP contribution in [0.1, 0.15) is 357 Å². The highest BCUT2D eigenvalue weighted by molar-refractivity contribution is 5.79. The molecular weight excluding hydrogens is 1080 g/mol. The fourth-order valence-corrected chi connectivity index (χ4v) is 16.3. The minimum Gasteiger partial charge on any atom is -0.465 e. The summed E-state index contributed by atoms with van der Waals surface area (Å²) in [6, 6.07) is 0. The van der Waals surface area contributed by atoms with Crippen molar-refractivity contribution in [3.8, 4) is 0 Å². The van der Waals surface area contributed by atoms with Gasteiger partial charge in [-0.3, -0.25) is 28.8 Å². The molecule has 0 aliphatic heterocycles. The van der Waals surface area contributed by atoms with E-state index in [1.54, 1.807) is 0 Å². The SMILES string of the molecule is CCCCCCCCCCCCCCCC(=O)OCC(COC(=O)CCCCCCCCCCCCCCC)OC(=O)C(C)CCCCCCCCC(C)C(=O)OCCCCC(=O)O[C@H]1CC[C@@]2(C)[C@@H](CC[C@@H]3[C@@H]2CC[C@]2(C)[C@@H](C(C)=O)CC[C@@H]32)C1. The molecule has 0 spiro atoms. The van der Waals surface area contributed by atoms with E-state index in [4.69, 9.17) is 23.7 Å². The summed E-state index contributed by atoms with van der Waals surface area (Å²) in [6.45, 7) is 15.2. The Balaban J connectivity index is 1.02. The Labute approximate surface area is 526 Å². The second-order valence-corrected chi connectivity index (χ2v) is 28.9. The van der Waals surface area contributed by atoms with Crippen LogP contribution in [0.25, 0.3) is 0 Å². The zero-order valence-electron chi connectivity index (χ0n) is 56.7. The maximum absolute atomic E-state index is 13.3. The van der Waals surface area contributed by atoms with E-state index in [2.05, 4.69) is 27.7 Å². The average molecular weight is 1210 g/mol. The zero-order chi connectivity index (χ0) is 62.3. The summed E-state index contributed by atoms with van der Waals surface area (Å²) in [4.78, 5) is 77.3. The number of ether oxygens (including phenoxy) is 5. The molecule has 4 saturated carbocycles. The van der Waals surface area contributed by atoms with Crippen LogP contribution in [-0.4, -0.2) is 67.7 Å². The molecule has 0 heterocycles. The minimum atomic E-state index is -0.840. The predicted octanol–water partition coefficient (Wildman–Crippen LogP) is 20.2. The first kappa shape index (κ1) is 75.5. The number of esters is 5. The average Bonchev–Trinajstić information content (AvgIpc) is 2.50. The summed E-state index contributed by atoms with van der Waals surface area (Å²) in [5.74, 6) is 1.59. The second-order valence-electron chi connectivity index (χ2n) is 28.9. The molecule has 4 aliphatic rings. The van der Waals surface area contributed by atoms with Gasteiger partial charge < -0.3 is 23.7 Å². The van der Waals surface area contributed by atoms with Gasteiger partial charge in [0.1, 0.15) is 25.1 Å². The highest BCUT2D eigenvalue weighted by Gasteiger charge is 2.61. The Morgan fingerprint density at radius 2 is 0.849 bits per heavy atom. The lowest BCUT2D eigenvalue weighted by atomic mass is 9.44. The van der Waals surface area contributed by atoms with Crippen LogP contribution in [-0.2, 0) is 52.5 Å². The van der Waals surface area contributed by atoms with Gasteiger partial charge in [0.05, 0.1) is 18.4 Å². The molecule has 10 atom stereocenters. The second kappa shape index (κ2) is 44.5. The zero-order valence-corrected chi connectivity index (χ0v) is 56.7. The van der Waals surface area contributed by atoms with Gasteiger partial charge in [-0.2, -0.15) is 0 Å². The molecule has 0 saturated heterocycles. The van der Waals surface area contributed by atoms with Crippen LogP contribution in [0, 0.1) is 52.3 Å². The number of rotatable bonds is 51. The summed E-state index contributed by atoms with van der Waals surface area (Å²) in [7, 11) is 0. The van der Waals surface area contributed by atoms with Gasteiger partial charge in [-0.1, -0.05) is 234 Å². The molecule has 498 valence electrons. The highest BCUT2D eigenvalue weighted by Crippen LogP contribution is 2.67. The molecule has 0 N–H and O–H groups in total. The third-order valence-electron chi connectivity index (χ3n) is 21.9. The van der Waals surface area contributed by atoms with Gasteiger partial charge in [-0.05, 0) is 138 Å². The maximum Gasteiger partial charge on any atom is 0.309 e. The molecule has 11 nitrogen and oxygen atoms in total. The topological polar surface area (TPSA) is 149 Å². The number of unbranched alkanes of at least 4 members (excludes halogenated alkanes) is 30. The normalized spacial score (nSPS) is 24.0. The number of fused-ring (bicyclic) bond motifs is 5. The summed E-state index contributed by atoms with van der Waals surface area (Å²) < 4.78 is 28.8. The predicted molar refractivity (Wildman–Crippen MR) is 348 cm³/mol. The van der Waals surface area contributed by atoms with Crippen LogP contribution in [0.3, 0.4) is 0 Å². The van der Waals surface area contributed by atoms with Crippen molar-refractivity contribution in [1.29, 1.82) is 0 Å². The van der Waals surface area contributed by atoms with Crippen LogP contribution in [0.5, 0.6) is 0 Å². The first-order chi connectivity index (χ1) is 41.6. The van der Waals surface area contributed by atoms with Crippen LogP contribution in [0.4, 0.5) is 0 Å². The number of hydrogen-bond acceptors (Lipinski definition) is 11. The molecule has 0 bridgehead atoms. The maximum atomic E-state index is 13.3. The highest BCUT2D eigenvalue weighted by atomic mass is 16.6. The van der Waals surface area contributed by atoms with Gasteiger partial charge in [0.15, 0.2) is 6.10 Å². The molecule has 4 fully saturated rings. The van der Waals surface area contributed by atoms with Crippen molar-refractivity contribution in [2.75, 3.05) is 19.8 Å². The number of carbonyl (C=O) groups excluding carboxylic acids is 6. The first-order valence-electron chi connectivity index (χ1n) is 37.0. The van der Waals surface area contributed by atoms with Crippen molar-refractivity contribution >= 4 is 35.6 Å². The van der Waals surface area contributed by atoms with E-state index in [9.17, 15) is 28.8 Å². The molecular formula is C75H132O11. The molecule has 0 aromatic carbocycles. The van der Waals surface area contributed by atoms with E-state index >= 15 is 0 Å². The van der Waals surface area contributed by atoms with Crippen LogP contribution < -0.4 is 0 Å². The fraction of sp³-hybridized carbons (Fsp3) is 0.920. The quantitative estimate of drug-likeness (QED) is 0.0325. The van der Waals surface area contributed by atoms with Crippen LogP contribution in [0.15, 0.2) is 0 Å². The van der Waals surface area contributed by atoms with Crippen LogP contribution in [0.2, 0.25) is 0 Å². The minimum absolute atomic E-state index is 0.000946. The summed E-state index contributed by atoms with van der Waals surface area (Å²) in [5, 5.41) is 0. The summed E-state index contributed by atoms with van der Waals surface area (Å²) in [5.41, 5.74) is 0.483. The molecule has 0 radical (unpaired) electrons. The van der Waals surface area contributed by atoms with Crippen molar-refractivity contribution in [3.05, 3.63) is 0 Å². The largest absolute Gasteiger partial charge is 0.465 e. The van der Waals surface area contributed by atoms with Crippen molar-refractivity contribution in [2.24, 2.45) is 52.3 Å². The molecule has 4 aliphatic carbocycles. The van der Waals surface area contributed by atoms with Gasteiger partial charge in [-0.25, -0.2) is 0 Å². The van der Waals surface area contributed by atoms with E-state index in [1.807, 2.05) is 20.8 Å². The number of hydrogen-bond donors (Lipinski definition) is 0. The number of carbonyl (C=O) groups is 6. The van der Waals surface area contributed by atoms with Gasteiger partial charge in [-0.15, -0.1) is 0 Å². The van der Waals surface area contributed by atoms with Crippen molar-refractivity contribution in [1.82, 2.24) is 0 Å². The van der Waals surface area contributed by atoms with Crippen molar-refractivity contribution in [2.45, 2.75) is 369 Å². The Morgan fingerprint density at radius 3 is 1.34 bits per heavy atom. The van der Waals surface area contributed by atoms with E-state index in [1.165, 1.54) is 161 Å². The molecule has 0 amide bonds. The van der Waals surface area contributed by atoms with Crippen LogP contribution >= 0.6 is 0 Å². The Bertz CT molecular complexity index is 1820. The lowest BCUT2D eigenvalue weighted by Gasteiger charge is -2.61. The van der Waals surface area contributed by atoms with E-state index in [0.717, 1.165) is 121 Å². The standard InChI is InChI=1S/C75H132O11/c1-8-10-12-14-16-18-20-22-24-26-28-34-38-44-69(77)83-57-64(58-84-70(78)45-39-35-29-27-25-23-21-19-17-15-13-11-9-2)86-73(81)60(4)43-37-33-31-30-32-36-42-59(3)72(80)82-55-41-40-46-71(79)85-63-51-53-74(6)62(56-63)47-48-65-67-50-49-66(61(5)76)75(67,7)54-52-68(65)74/h59-60,62-68H,8-58H2,1-7H3/t59?,60?,62-,63-,65-,66+,67-,68-,74-,75+/m0/s1. The third kappa shape index (κ3) is 28.9. The van der Waals surface area contributed by atoms with Crippen molar-refractivity contribution in [3.63, 3.8) is 0 Å². The Morgan fingerprint density at radius 1 is 0.430 bits per heavy atom. The molecule has 86 heavy (non-hydrogen) atoms. The fourth-order valence-electron chi connectivity index (χ4n) is 16.3. The van der Waals surface area contributed by atoms with E-state index in [-0.39, 0.29) is 72.3 Å². The van der Waals surface area contributed by atoms with Gasteiger partial charge in [0, 0.05) is 25.2 Å². The van der Waals surface area contributed by atoms with Crippen molar-refractivity contribution < 1.29 is 52.5 Å². The Hall–Kier alpha value is -2.98.